The summed E-state index contributed by atoms with van der Waals surface area (Å²) >= 11 is 0. The highest BCUT2D eigenvalue weighted by Gasteiger charge is 2.20. The van der Waals surface area contributed by atoms with Gasteiger partial charge in [0.1, 0.15) is 11.4 Å². The molecule has 0 aliphatic carbocycles. The molecule has 1 heterocycles. The number of carbonyl (C=O) groups excluding carboxylic acids is 1. The molecular weight excluding hydrogens is 402 g/mol. The van der Waals surface area contributed by atoms with E-state index in [4.69, 9.17) is 4.74 Å². The maximum Gasteiger partial charge on any atom is 0.268 e. The van der Waals surface area contributed by atoms with Crippen LogP contribution in [0.1, 0.15) is 29.9 Å². The van der Waals surface area contributed by atoms with Gasteiger partial charge in [0.15, 0.2) is 0 Å². The summed E-state index contributed by atoms with van der Waals surface area (Å²) < 4.78 is 33.6. The molecule has 1 aromatic heterocycles. The van der Waals surface area contributed by atoms with E-state index in [0.29, 0.717) is 30.8 Å². The number of benzene rings is 2. The van der Waals surface area contributed by atoms with Crippen molar-refractivity contribution in [3.8, 4) is 5.75 Å². The lowest BCUT2D eigenvalue weighted by molar-refractivity contribution is 0.0942. The zero-order valence-corrected chi connectivity index (χ0v) is 18.5. The number of nitrogens with one attached hydrogen (secondary N) is 1. The number of aryl methyl sites for hydroxylation is 1. The number of nitrogens with zero attached hydrogens (tertiary/aromatic N) is 2. The predicted octanol–water partition coefficient (Wildman–Crippen LogP) is 3.24. The van der Waals surface area contributed by atoms with Gasteiger partial charge < -0.3 is 14.6 Å². The summed E-state index contributed by atoms with van der Waals surface area (Å²) in [6.45, 7) is 5.33. The van der Waals surface area contributed by atoms with Gasteiger partial charge in [0, 0.05) is 43.7 Å². The number of rotatable bonds is 8. The van der Waals surface area contributed by atoms with Gasteiger partial charge in [-0.1, -0.05) is 18.2 Å². The molecule has 2 aromatic carbocycles. The standard InChI is InChI=1S/C22H27N3O4S/c1-5-25-19-12-11-18(30(27,28)24(3)4)13-17(19)14-20(25)22(26)23-15-16-9-7-8-10-21(16)29-6-2/h7-14H,5-6,15H2,1-4H3,(H,23,26). The summed E-state index contributed by atoms with van der Waals surface area (Å²) in [5.41, 5.74) is 2.20. The topological polar surface area (TPSA) is 80.6 Å². The van der Waals surface area contributed by atoms with E-state index in [9.17, 15) is 13.2 Å². The van der Waals surface area contributed by atoms with Crippen LogP contribution < -0.4 is 10.1 Å². The number of aromatic nitrogens is 1. The minimum atomic E-state index is -3.55. The third-order valence-corrected chi connectivity index (χ3v) is 6.72. The Morgan fingerprint density at radius 2 is 1.83 bits per heavy atom. The highest BCUT2D eigenvalue weighted by molar-refractivity contribution is 7.89. The van der Waals surface area contributed by atoms with Gasteiger partial charge in [0.25, 0.3) is 5.91 Å². The Balaban J connectivity index is 1.91. The lowest BCUT2D eigenvalue weighted by Gasteiger charge is -2.12. The molecule has 30 heavy (non-hydrogen) atoms. The fourth-order valence-electron chi connectivity index (χ4n) is 3.36. The zero-order valence-electron chi connectivity index (χ0n) is 17.7. The smallest absolute Gasteiger partial charge is 0.268 e. The first-order valence-corrected chi connectivity index (χ1v) is 11.3. The number of fused-ring (bicyclic) bond motifs is 1. The van der Waals surface area contributed by atoms with E-state index in [1.807, 2.05) is 42.7 Å². The summed E-state index contributed by atoms with van der Waals surface area (Å²) in [4.78, 5) is 13.1. The largest absolute Gasteiger partial charge is 0.494 e. The van der Waals surface area contributed by atoms with Crippen LogP contribution in [0.25, 0.3) is 10.9 Å². The molecule has 0 unspecified atom stereocenters. The molecule has 3 aromatic rings. The van der Waals surface area contributed by atoms with Crippen LogP contribution >= 0.6 is 0 Å². The first kappa shape index (κ1) is 21.9. The van der Waals surface area contributed by atoms with Crippen molar-refractivity contribution in [3.05, 3.63) is 59.8 Å². The summed E-state index contributed by atoms with van der Waals surface area (Å²) in [5.74, 6) is 0.520. The van der Waals surface area contributed by atoms with Gasteiger partial charge in [-0.3, -0.25) is 4.79 Å². The summed E-state index contributed by atoms with van der Waals surface area (Å²) in [5, 5.41) is 3.65. The highest BCUT2D eigenvalue weighted by atomic mass is 32.2. The van der Waals surface area contributed by atoms with E-state index in [2.05, 4.69) is 5.32 Å². The van der Waals surface area contributed by atoms with Gasteiger partial charge in [-0.2, -0.15) is 0 Å². The van der Waals surface area contributed by atoms with Crippen molar-refractivity contribution in [2.45, 2.75) is 31.8 Å². The lowest BCUT2D eigenvalue weighted by atomic mass is 10.2. The number of amides is 1. The second-order valence-corrected chi connectivity index (χ2v) is 9.16. The van der Waals surface area contributed by atoms with Gasteiger partial charge in [0.2, 0.25) is 10.0 Å². The van der Waals surface area contributed by atoms with E-state index in [1.54, 1.807) is 24.3 Å². The summed E-state index contributed by atoms with van der Waals surface area (Å²) in [7, 11) is -0.554. The quantitative estimate of drug-likeness (QED) is 0.596. The molecule has 0 spiro atoms. The van der Waals surface area contributed by atoms with Crippen LogP contribution in [0.3, 0.4) is 0 Å². The predicted molar refractivity (Wildman–Crippen MR) is 117 cm³/mol. The molecule has 0 fully saturated rings. The first-order valence-electron chi connectivity index (χ1n) is 9.84. The number of hydrogen-bond acceptors (Lipinski definition) is 4. The normalized spacial score (nSPS) is 11.8. The van der Waals surface area contributed by atoms with Gasteiger partial charge in [-0.25, -0.2) is 12.7 Å². The van der Waals surface area contributed by atoms with Crippen molar-refractivity contribution in [1.82, 2.24) is 14.2 Å². The fraction of sp³-hybridized carbons (Fsp3) is 0.318. The van der Waals surface area contributed by atoms with Crippen LogP contribution in [-0.2, 0) is 23.1 Å². The molecular formula is C22H27N3O4S. The molecule has 1 N–H and O–H groups in total. The molecule has 160 valence electrons. The van der Waals surface area contributed by atoms with Crippen LogP contribution in [0.15, 0.2) is 53.4 Å². The van der Waals surface area contributed by atoms with Crippen molar-refractivity contribution in [2.75, 3.05) is 20.7 Å². The van der Waals surface area contributed by atoms with Crippen LogP contribution in [0, 0.1) is 0 Å². The average Bonchev–Trinajstić information content (AvgIpc) is 3.11. The van der Waals surface area contributed by atoms with E-state index in [1.165, 1.54) is 18.4 Å². The average molecular weight is 430 g/mol. The Bertz CT molecular complexity index is 1170. The number of carbonyl (C=O) groups is 1. The maximum atomic E-state index is 12.9. The molecule has 8 heteroatoms. The second kappa shape index (κ2) is 8.89. The molecule has 0 radical (unpaired) electrons. The Kier molecular flexibility index (Phi) is 6.48. The molecule has 0 saturated carbocycles. The van der Waals surface area contributed by atoms with E-state index < -0.39 is 10.0 Å². The van der Waals surface area contributed by atoms with Crippen LogP contribution in [0.2, 0.25) is 0 Å². The SMILES string of the molecule is CCOc1ccccc1CNC(=O)c1cc2cc(S(=O)(=O)N(C)C)ccc2n1CC. The molecule has 0 saturated heterocycles. The van der Waals surface area contributed by atoms with Crippen molar-refractivity contribution in [2.24, 2.45) is 0 Å². The molecule has 0 aliphatic rings. The van der Waals surface area contributed by atoms with Crippen molar-refractivity contribution < 1.29 is 17.9 Å². The fourth-order valence-corrected chi connectivity index (χ4v) is 4.30. The van der Waals surface area contributed by atoms with E-state index >= 15 is 0 Å². The maximum absolute atomic E-state index is 12.9. The number of hydrogen-bond donors (Lipinski definition) is 1. The van der Waals surface area contributed by atoms with E-state index in [0.717, 1.165) is 16.8 Å². The molecule has 0 atom stereocenters. The number of sulfonamides is 1. The van der Waals surface area contributed by atoms with Gasteiger partial charge >= 0.3 is 0 Å². The van der Waals surface area contributed by atoms with Gasteiger partial charge in [0.05, 0.1) is 11.5 Å². The minimum absolute atomic E-state index is 0.200. The lowest BCUT2D eigenvalue weighted by Crippen LogP contribution is -2.25. The zero-order chi connectivity index (χ0) is 21.9. The second-order valence-electron chi connectivity index (χ2n) is 7.01. The molecule has 0 bridgehead atoms. The van der Waals surface area contributed by atoms with Crippen LogP contribution in [-0.4, -0.2) is 43.9 Å². The Hall–Kier alpha value is -2.84. The van der Waals surface area contributed by atoms with Crippen LogP contribution in [0.5, 0.6) is 5.75 Å². The Morgan fingerprint density at radius 1 is 1.10 bits per heavy atom. The van der Waals surface area contributed by atoms with Crippen LogP contribution in [0.4, 0.5) is 0 Å². The number of ether oxygens (including phenoxy) is 1. The van der Waals surface area contributed by atoms with Crippen molar-refractivity contribution in [3.63, 3.8) is 0 Å². The summed E-state index contributed by atoms with van der Waals surface area (Å²) in [6, 6.07) is 14.2. The summed E-state index contributed by atoms with van der Waals surface area (Å²) in [6.07, 6.45) is 0. The monoisotopic (exact) mass is 429 g/mol. The van der Waals surface area contributed by atoms with Gasteiger partial charge in [-0.05, 0) is 44.2 Å². The third kappa shape index (κ3) is 4.20. The minimum Gasteiger partial charge on any atom is -0.494 e. The Labute approximate surface area is 177 Å². The van der Waals surface area contributed by atoms with Gasteiger partial charge in [-0.15, -0.1) is 0 Å². The number of para-hydroxylation sites is 1. The van der Waals surface area contributed by atoms with Crippen molar-refractivity contribution >= 4 is 26.8 Å². The highest BCUT2D eigenvalue weighted by Crippen LogP contribution is 2.25. The first-order chi connectivity index (χ1) is 14.3. The molecule has 1 amide bonds. The third-order valence-electron chi connectivity index (χ3n) is 4.91. The van der Waals surface area contributed by atoms with E-state index in [-0.39, 0.29) is 10.8 Å². The molecule has 0 aliphatic heterocycles. The molecule has 7 nitrogen and oxygen atoms in total. The molecule has 3 rings (SSSR count). The van der Waals surface area contributed by atoms with Crippen molar-refractivity contribution in [1.29, 1.82) is 0 Å². The Morgan fingerprint density at radius 3 is 2.50 bits per heavy atom.